The number of halogens is 8. The molecule has 0 aliphatic carbocycles. The molecule has 7 aromatic heterocycles. The van der Waals surface area contributed by atoms with Crippen molar-refractivity contribution in [1.82, 2.24) is 93.6 Å². The molecule has 4 amide bonds. The zero-order chi connectivity index (χ0) is 95.6. The van der Waals surface area contributed by atoms with Crippen LogP contribution in [-0.2, 0) is 84.3 Å². The smallest absolute Gasteiger partial charge is 0.245 e. The Balaban J connectivity index is 0.000000122. The van der Waals surface area contributed by atoms with Crippen LogP contribution < -0.4 is 9.47 Å². The third-order valence-corrected chi connectivity index (χ3v) is 24.8. The number of aromatic nitrogens is 15. The molecule has 21 rings (SSSR count). The zero-order valence-corrected chi connectivity index (χ0v) is 75.3. The van der Waals surface area contributed by atoms with Crippen molar-refractivity contribution < 1.29 is 68.2 Å². The van der Waals surface area contributed by atoms with Crippen LogP contribution >= 0.6 is 11.3 Å². The Bertz CT molecular complexity index is 7160. The summed E-state index contributed by atoms with van der Waals surface area (Å²) in [7, 11) is 3.21. The quantitative estimate of drug-likeness (QED) is 0.0641. The number of carbonyl (C=O) groups excluding carboxylic acids is 4. The van der Waals surface area contributed by atoms with Gasteiger partial charge in [-0.2, -0.15) is 0 Å². The summed E-state index contributed by atoms with van der Waals surface area (Å²) in [6.07, 6.45) is 4.59. The topological polar surface area (TPSA) is 274 Å². The molecule has 1 fully saturated rings. The van der Waals surface area contributed by atoms with E-state index in [1.807, 2.05) is 70.5 Å². The number of hydrogen-bond donors (Lipinski definition) is 0. The summed E-state index contributed by atoms with van der Waals surface area (Å²) in [5, 5.41) is 19.1. The number of aryl methyl sites for hydroxylation is 1. The Hall–Kier alpha value is -16.3. The highest BCUT2D eigenvalue weighted by molar-refractivity contribution is 7.15. The number of ether oxygens (including phenoxy) is 2. The summed E-state index contributed by atoms with van der Waals surface area (Å²) >= 11 is 1.60. The van der Waals surface area contributed by atoms with Gasteiger partial charge in [-0.25, -0.2) is 83.8 Å². The zero-order valence-electron chi connectivity index (χ0n) is 74.5. The summed E-state index contributed by atoms with van der Waals surface area (Å²) in [5.74, 6) is 2.73. The molecule has 1 unspecified atom stereocenters. The fourth-order valence-electron chi connectivity index (χ4n) is 16.5. The van der Waals surface area contributed by atoms with Crippen molar-refractivity contribution in [2.24, 2.45) is 0 Å². The van der Waals surface area contributed by atoms with Crippen LogP contribution in [0.4, 0.5) is 35.1 Å². The van der Waals surface area contributed by atoms with Crippen LogP contribution in [0.1, 0.15) is 57.1 Å². The van der Waals surface area contributed by atoms with Gasteiger partial charge in [0.1, 0.15) is 89.2 Å². The van der Waals surface area contributed by atoms with Gasteiger partial charge in [-0.3, -0.25) is 24.2 Å². The molecule has 0 N–H and O–H groups in total. The summed E-state index contributed by atoms with van der Waals surface area (Å²) in [6, 6.07) is 66.5. The normalized spacial score (nSPS) is 13.7. The molecular formula is C103H85F8N19O7S. The van der Waals surface area contributed by atoms with Crippen molar-refractivity contribution in [3.63, 3.8) is 0 Å². The second-order valence-electron chi connectivity index (χ2n) is 32.8. The van der Waals surface area contributed by atoms with Crippen molar-refractivity contribution in [3.05, 3.63) is 352 Å². The van der Waals surface area contributed by atoms with Crippen LogP contribution in [0.3, 0.4) is 0 Å². The van der Waals surface area contributed by atoms with E-state index in [0.717, 1.165) is 55.8 Å². The highest BCUT2D eigenvalue weighted by atomic mass is 32.1. The number of likely N-dealkylation sites (tertiary alicyclic amines) is 1. The summed E-state index contributed by atoms with van der Waals surface area (Å²) in [5.41, 5.74) is 11.0. The second kappa shape index (κ2) is 41.3. The SMILES string of the molecule is COc1cc2c(cc1OC)CCN(C(=O)Cn1nc(-c3ccc(F)cc3)nc1-c1ccc(F)cc1)CC2.Cc1nc2c(o1)CCN(C(=O)Cn1nc(-c3ccc(F)cc3)nc1-c1ccc(F)cc1)C2.O=C(Cn1nc(-c2ccc(F)cc2)nc1-c1ccc(F)cc1)N1CCC(c2ccccn2)C1.O=C(Cn1nc(-c2ccc(F)cc2)nc1-c1ccc(F)cc1)N1Cc2nc(-c3ccccc3)sc2C1. The number of carbonyl (C=O) groups is 4. The number of nitrogens with zero attached hydrogens (tertiary/aromatic N) is 19. The van der Waals surface area contributed by atoms with Crippen molar-refractivity contribution >= 4 is 35.0 Å². The lowest BCUT2D eigenvalue weighted by molar-refractivity contribution is -0.133. The van der Waals surface area contributed by atoms with E-state index in [9.17, 15) is 54.3 Å². The van der Waals surface area contributed by atoms with E-state index >= 15 is 0 Å². The van der Waals surface area contributed by atoms with Crippen molar-refractivity contribution in [1.29, 1.82) is 0 Å². The largest absolute Gasteiger partial charge is 0.493 e. The fourth-order valence-corrected chi connectivity index (χ4v) is 17.6. The number of pyridine rings is 1. The molecule has 17 aromatic rings. The number of fused-ring (bicyclic) bond motifs is 3. The van der Waals surface area contributed by atoms with Crippen molar-refractivity contribution in [3.8, 4) is 113 Å². The minimum Gasteiger partial charge on any atom is -0.493 e. The Kier molecular flexibility index (Phi) is 27.5. The Morgan fingerprint density at radius 2 is 0.710 bits per heavy atom. The van der Waals surface area contributed by atoms with E-state index < -0.39 is 0 Å². The van der Waals surface area contributed by atoms with Gasteiger partial charge in [-0.15, -0.1) is 31.7 Å². The Labute approximate surface area is 789 Å². The van der Waals surface area contributed by atoms with Crippen molar-refractivity contribution in [2.75, 3.05) is 46.9 Å². The number of methoxy groups -OCH3 is 2. The van der Waals surface area contributed by atoms with Crippen LogP contribution in [-0.4, -0.2) is 164 Å². The maximum Gasteiger partial charge on any atom is 0.245 e. The first-order chi connectivity index (χ1) is 67.0. The van der Waals surface area contributed by atoms with E-state index in [2.05, 4.69) is 50.3 Å². The summed E-state index contributed by atoms with van der Waals surface area (Å²) < 4.78 is 130. The Morgan fingerprint density at radius 3 is 1.08 bits per heavy atom. The van der Waals surface area contributed by atoms with Crippen LogP contribution in [0.15, 0.2) is 265 Å². The van der Waals surface area contributed by atoms with Crippen LogP contribution in [0, 0.1) is 53.5 Å². The highest BCUT2D eigenvalue weighted by Gasteiger charge is 2.34. The molecule has 4 aliphatic heterocycles. The Morgan fingerprint density at radius 1 is 0.362 bits per heavy atom. The summed E-state index contributed by atoms with van der Waals surface area (Å²) in [6.45, 7) is 5.81. The third-order valence-electron chi connectivity index (χ3n) is 23.7. The van der Waals surface area contributed by atoms with Gasteiger partial charge in [-0.05, 0) is 249 Å². The van der Waals surface area contributed by atoms with Gasteiger partial charge in [0.2, 0.25) is 23.6 Å². The molecular weight excluding hydrogens is 1800 g/mol. The molecule has 0 radical (unpaired) electrons. The fraction of sp³-hybridized carbons (Fsp3) is 0.194. The van der Waals surface area contributed by atoms with Crippen molar-refractivity contribution in [2.45, 2.75) is 84.3 Å². The molecule has 0 bridgehead atoms. The van der Waals surface area contributed by atoms with E-state index in [0.29, 0.717) is 180 Å². The molecule has 26 nitrogen and oxygen atoms in total. The average molecular weight is 1880 g/mol. The minimum absolute atomic E-state index is 0.00412. The molecule has 0 saturated carbocycles. The molecule has 1 saturated heterocycles. The van der Waals surface area contributed by atoms with Gasteiger partial charge in [0.25, 0.3) is 0 Å². The first-order valence-electron chi connectivity index (χ1n) is 44.1. The predicted octanol–water partition coefficient (Wildman–Crippen LogP) is 18.2. The van der Waals surface area contributed by atoms with E-state index in [1.54, 1.807) is 146 Å². The molecule has 4 aliphatic rings. The summed E-state index contributed by atoms with van der Waals surface area (Å²) in [4.78, 5) is 92.9. The predicted molar refractivity (Wildman–Crippen MR) is 497 cm³/mol. The molecule has 1 atom stereocenters. The van der Waals surface area contributed by atoms with E-state index in [1.165, 1.54) is 116 Å². The monoisotopic (exact) mass is 1880 g/mol. The molecule has 0 spiro atoms. The first-order valence-corrected chi connectivity index (χ1v) is 44.9. The van der Waals surface area contributed by atoms with E-state index in [-0.39, 0.29) is 102 Å². The second-order valence-corrected chi connectivity index (χ2v) is 33.9. The average Bonchev–Trinajstić information content (AvgIpc) is 1.64. The number of rotatable bonds is 20. The lowest BCUT2D eigenvalue weighted by atomic mass is 10.0. The maximum atomic E-state index is 13.6. The van der Waals surface area contributed by atoms with E-state index in [4.69, 9.17) is 18.9 Å². The number of hydrogen-bond acceptors (Lipinski definition) is 19. The molecule has 696 valence electrons. The van der Waals surface area contributed by atoms with Gasteiger partial charge in [0, 0.05) is 119 Å². The molecule has 11 heterocycles. The van der Waals surface area contributed by atoms with Gasteiger partial charge >= 0.3 is 0 Å². The van der Waals surface area contributed by atoms with Crippen LogP contribution in [0.2, 0.25) is 0 Å². The molecule has 10 aromatic carbocycles. The third kappa shape index (κ3) is 21.5. The number of benzene rings is 10. The maximum absolute atomic E-state index is 13.6. The number of oxazole rings is 1. The lowest BCUT2D eigenvalue weighted by Gasteiger charge is -2.25. The number of amides is 4. The molecule has 35 heteroatoms. The molecule has 138 heavy (non-hydrogen) atoms. The first kappa shape index (κ1) is 92.1. The standard InChI is InChI=1S/C28H26F2N4O3.C27H19F2N5OS.C25H21F2N5O.C23H19F2N5O2/c1-36-24-15-20-11-13-33(14-12-21(20)16-25(24)37-2)26(35)17-34-28(19-5-9-23(30)10-6-19)31-27(32-34)18-3-7-22(29)8-4-18;28-20-10-6-17(7-11-20)25-31-26(18-8-12-21(29)13-9-18)34(32-25)16-24(35)33-14-22-23(15-33)36-27(30-22)19-4-2-1-3-5-19;26-20-8-4-17(5-9-20)24-29-25(18-6-10-21(27)11-7-18)32(30-24)16-23(33)31-14-12-19(15-31)22-3-1-2-13-28-22;1-14-26-19-12-29(11-10-20(19)32-14)21(31)13-30-23(16-4-8-18(25)9-5-16)27-22(28-30)15-2-6-17(24)7-3-15/h3-10,15-16H,11-14,17H2,1-2H3;1-13H,14-16H2;1-11,13,19H,12,14-16H2;2-9H,10-13H2,1H3. The van der Waals surface area contributed by atoms with Gasteiger partial charge in [0.15, 0.2) is 64.0 Å². The van der Waals surface area contributed by atoms with Gasteiger partial charge < -0.3 is 33.5 Å². The van der Waals surface area contributed by atoms with Crippen LogP contribution in [0.25, 0.3) is 102 Å². The number of thiazole rings is 1. The highest BCUT2D eigenvalue weighted by Crippen LogP contribution is 2.38. The van der Waals surface area contributed by atoms with Gasteiger partial charge in [0.05, 0.1) is 39.5 Å². The minimum atomic E-state index is -0.373. The van der Waals surface area contributed by atoms with Crippen LogP contribution in [0.5, 0.6) is 11.5 Å². The lowest BCUT2D eigenvalue weighted by Crippen LogP contribution is -2.38. The van der Waals surface area contributed by atoms with Gasteiger partial charge in [-0.1, -0.05) is 36.4 Å².